The molecule has 3 nitrogen and oxygen atoms in total. The summed E-state index contributed by atoms with van der Waals surface area (Å²) in [5.74, 6) is -0.185. The van der Waals surface area contributed by atoms with Gasteiger partial charge in [0.05, 0.1) is 9.80 Å². The van der Waals surface area contributed by atoms with Gasteiger partial charge in [0.2, 0.25) is 0 Å². The van der Waals surface area contributed by atoms with Crippen molar-refractivity contribution in [3.63, 3.8) is 0 Å². The molecule has 0 N–H and O–H groups in total. The van der Waals surface area contributed by atoms with Crippen molar-refractivity contribution in [3.05, 3.63) is 38.7 Å². The van der Waals surface area contributed by atoms with Gasteiger partial charge < -0.3 is 4.90 Å². The maximum atomic E-state index is 12.3. The number of fused-ring (bicyclic) bond motifs is 1. The summed E-state index contributed by atoms with van der Waals surface area (Å²) in [5.41, 5.74) is 0.952. The van der Waals surface area contributed by atoms with Crippen LogP contribution >= 0.6 is 35.1 Å². The Morgan fingerprint density at radius 3 is 2.83 bits per heavy atom. The molecule has 0 aromatic heterocycles. The first kappa shape index (κ1) is 13.3. The lowest BCUT2D eigenvalue weighted by atomic mass is 10.2. The van der Waals surface area contributed by atoms with E-state index in [9.17, 15) is 10.1 Å². The molecule has 0 saturated heterocycles. The lowest BCUT2D eigenvalue weighted by molar-refractivity contribution is 0.0839. The topological polar surface area (TPSA) is 44.1 Å². The number of nitriles is 1. The van der Waals surface area contributed by atoms with Crippen molar-refractivity contribution in [2.24, 2.45) is 0 Å². The quantitative estimate of drug-likeness (QED) is 0.794. The lowest BCUT2D eigenvalue weighted by Crippen LogP contribution is -2.25. The molecule has 6 heteroatoms. The van der Waals surface area contributed by atoms with Crippen LogP contribution < -0.4 is 0 Å². The molecule has 1 aliphatic rings. The third-order valence-corrected chi connectivity index (χ3v) is 4.99. The van der Waals surface area contributed by atoms with Crippen molar-refractivity contribution < 1.29 is 4.79 Å². The standard InChI is InChI=1S/C12H9ClN2OS2/c1-15-9(6-14)12(17-2)18-10-5-7(13)3-4-8(10)11(15)16/h3-5H,1-2H3. The van der Waals surface area contributed by atoms with Gasteiger partial charge in [-0.25, -0.2) is 0 Å². The van der Waals surface area contributed by atoms with Gasteiger partial charge in [0.1, 0.15) is 11.8 Å². The fraction of sp³-hybridized carbons (Fsp3) is 0.167. The van der Waals surface area contributed by atoms with Crippen molar-refractivity contribution >= 4 is 41.0 Å². The van der Waals surface area contributed by atoms with Crippen LogP contribution in [0.4, 0.5) is 0 Å². The zero-order valence-electron chi connectivity index (χ0n) is 9.73. The molecule has 1 amide bonds. The first-order chi connectivity index (χ1) is 8.58. The smallest absolute Gasteiger partial charge is 0.259 e. The van der Waals surface area contributed by atoms with Crippen LogP contribution in [0, 0.1) is 11.3 Å². The number of amides is 1. The average molecular weight is 297 g/mol. The van der Waals surface area contributed by atoms with E-state index in [1.165, 1.54) is 28.4 Å². The number of carbonyl (C=O) groups excluding carboxylic acids is 1. The molecule has 0 bridgehead atoms. The van der Waals surface area contributed by atoms with Crippen LogP contribution in [0.3, 0.4) is 0 Å². The van der Waals surface area contributed by atoms with E-state index >= 15 is 0 Å². The highest BCUT2D eigenvalue weighted by Crippen LogP contribution is 2.42. The summed E-state index contributed by atoms with van der Waals surface area (Å²) in [6, 6.07) is 7.22. The van der Waals surface area contributed by atoms with Gasteiger partial charge in [-0.2, -0.15) is 5.26 Å². The summed E-state index contributed by atoms with van der Waals surface area (Å²) in [5, 5.41) is 9.77. The molecule has 0 unspecified atom stereocenters. The zero-order chi connectivity index (χ0) is 13.3. The second kappa shape index (κ2) is 5.27. The van der Waals surface area contributed by atoms with E-state index in [-0.39, 0.29) is 5.91 Å². The minimum atomic E-state index is -0.185. The molecule has 1 heterocycles. The van der Waals surface area contributed by atoms with Crippen LogP contribution in [0.25, 0.3) is 0 Å². The van der Waals surface area contributed by atoms with Crippen LogP contribution in [-0.4, -0.2) is 24.1 Å². The third kappa shape index (κ3) is 2.24. The Hall–Kier alpha value is -1.09. The first-order valence-electron chi connectivity index (χ1n) is 5.02. The van der Waals surface area contributed by atoms with Gasteiger partial charge >= 0.3 is 0 Å². The average Bonchev–Trinajstić information content (AvgIpc) is 2.46. The molecule has 0 aliphatic carbocycles. The monoisotopic (exact) mass is 296 g/mol. The number of hydrogen-bond acceptors (Lipinski definition) is 4. The van der Waals surface area contributed by atoms with E-state index in [1.807, 2.05) is 6.26 Å². The van der Waals surface area contributed by atoms with Crippen molar-refractivity contribution in [1.29, 1.82) is 5.26 Å². The summed E-state index contributed by atoms with van der Waals surface area (Å²) in [6.45, 7) is 0. The van der Waals surface area contributed by atoms with Gasteiger partial charge in [0.25, 0.3) is 5.91 Å². The van der Waals surface area contributed by atoms with E-state index < -0.39 is 0 Å². The van der Waals surface area contributed by atoms with Gasteiger partial charge in [-0.15, -0.1) is 11.8 Å². The van der Waals surface area contributed by atoms with Crippen molar-refractivity contribution in [2.75, 3.05) is 13.3 Å². The summed E-state index contributed by atoms with van der Waals surface area (Å²) < 4.78 is 0.800. The molecule has 1 aromatic rings. The Kier molecular flexibility index (Phi) is 3.91. The Balaban J connectivity index is 2.63. The largest absolute Gasteiger partial charge is 0.301 e. The predicted octanol–water partition coefficient (Wildman–Crippen LogP) is 3.57. The molecule has 1 aliphatic heterocycles. The third-order valence-electron chi connectivity index (χ3n) is 2.50. The fourth-order valence-corrected chi connectivity index (χ4v) is 3.73. The van der Waals surface area contributed by atoms with E-state index in [0.29, 0.717) is 16.3 Å². The minimum Gasteiger partial charge on any atom is -0.301 e. The summed E-state index contributed by atoms with van der Waals surface area (Å²) >= 11 is 8.80. The maximum absolute atomic E-state index is 12.3. The summed E-state index contributed by atoms with van der Waals surface area (Å²) in [4.78, 5) is 14.4. The summed E-state index contributed by atoms with van der Waals surface area (Å²) in [6.07, 6.45) is 1.88. The number of rotatable bonds is 1. The molecule has 0 fully saturated rings. The normalized spacial score (nSPS) is 15.2. The molecule has 1 aromatic carbocycles. The van der Waals surface area contributed by atoms with E-state index in [2.05, 4.69) is 6.07 Å². The number of hydrogen-bond donors (Lipinski definition) is 0. The van der Waals surface area contributed by atoms with E-state index in [4.69, 9.17) is 11.6 Å². The van der Waals surface area contributed by atoms with Crippen LogP contribution in [0.5, 0.6) is 0 Å². The Morgan fingerprint density at radius 1 is 1.50 bits per heavy atom. The SMILES string of the molecule is CSC1=C(C#N)N(C)C(=O)c2ccc(Cl)cc2S1. The van der Waals surface area contributed by atoms with Crippen LogP contribution in [-0.2, 0) is 0 Å². The minimum absolute atomic E-state index is 0.185. The second-order valence-corrected chi connectivity index (χ2v) is 6.12. The van der Waals surface area contributed by atoms with Crippen LogP contribution in [0.2, 0.25) is 5.02 Å². The van der Waals surface area contributed by atoms with E-state index in [0.717, 1.165) is 9.13 Å². The van der Waals surface area contributed by atoms with Gasteiger partial charge in [-0.05, 0) is 24.5 Å². The molecule has 0 radical (unpaired) electrons. The highest BCUT2D eigenvalue weighted by Gasteiger charge is 2.26. The molecular formula is C12H9ClN2OS2. The molecule has 0 saturated carbocycles. The molecule has 2 rings (SSSR count). The summed E-state index contributed by atoms with van der Waals surface area (Å²) in [7, 11) is 1.61. The van der Waals surface area contributed by atoms with Gasteiger partial charge in [-0.1, -0.05) is 23.4 Å². The molecule has 0 atom stereocenters. The number of halogens is 1. The number of thioether (sulfide) groups is 2. The number of nitrogens with zero attached hydrogens (tertiary/aromatic N) is 2. The number of benzene rings is 1. The highest BCUT2D eigenvalue weighted by molar-refractivity contribution is 8.22. The molecule has 0 spiro atoms. The van der Waals surface area contributed by atoms with E-state index in [1.54, 1.807) is 25.2 Å². The molecular weight excluding hydrogens is 288 g/mol. The van der Waals surface area contributed by atoms with Crippen molar-refractivity contribution in [2.45, 2.75) is 4.90 Å². The highest BCUT2D eigenvalue weighted by atomic mass is 35.5. The number of allylic oxidation sites excluding steroid dienone is 1. The molecule has 92 valence electrons. The zero-order valence-corrected chi connectivity index (χ0v) is 12.1. The number of carbonyl (C=O) groups is 1. The maximum Gasteiger partial charge on any atom is 0.259 e. The Bertz CT molecular complexity index is 592. The van der Waals surface area contributed by atoms with Crippen molar-refractivity contribution in [1.82, 2.24) is 4.90 Å². The van der Waals surface area contributed by atoms with Crippen LogP contribution in [0.15, 0.2) is 33.0 Å². The van der Waals surface area contributed by atoms with Gasteiger partial charge in [0, 0.05) is 17.0 Å². The van der Waals surface area contributed by atoms with Crippen LogP contribution in [0.1, 0.15) is 10.4 Å². The fourth-order valence-electron chi connectivity index (χ4n) is 1.58. The molecule has 18 heavy (non-hydrogen) atoms. The van der Waals surface area contributed by atoms with Gasteiger partial charge in [-0.3, -0.25) is 4.79 Å². The predicted molar refractivity (Wildman–Crippen MR) is 75.6 cm³/mol. The van der Waals surface area contributed by atoms with Crippen molar-refractivity contribution in [3.8, 4) is 6.07 Å². The Morgan fingerprint density at radius 2 is 2.22 bits per heavy atom. The first-order valence-corrected chi connectivity index (χ1v) is 7.44. The lowest BCUT2D eigenvalue weighted by Gasteiger charge is -2.14. The Labute approximate surface area is 119 Å². The van der Waals surface area contributed by atoms with Gasteiger partial charge in [0.15, 0.2) is 0 Å². The second-order valence-electron chi connectivity index (χ2n) is 3.56.